The monoisotopic (exact) mass is 461 g/mol. The van der Waals surface area contributed by atoms with Crippen molar-refractivity contribution >= 4 is 28.8 Å². The predicted octanol–water partition coefficient (Wildman–Crippen LogP) is 4.62. The van der Waals surface area contributed by atoms with E-state index in [0.29, 0.717) is 40.9 Å². The second-order valence-electron chi connectivity index (χ2n) is 7.27. The Kier molecular flexibility index (Phi) is 5.54. The number of nitrogens with one attached hydrogen (secondary N) is 2. The average molecular weight is 461 g/mol. The van der Waals surface area contributed by atoms with Gasteiger partial charge in [-0.1, -0.05) is 24.3 Å². The van der Waals surface area contributed by atoms with E-state index in [1.165, 1.54) is 11.3 Å². The normalized spacial score (nSPS) is 11.9. The van der Waals surface area contributed by atoms with Crippen LogP contribution in [0.15, 0.2) is 64.4 Å². The summed E-state index contributed by atoms with van der Waals surface area (Å²) in [5.74, 6) is 1.36. The first-order valence-corrected chi connectivity index (χ1v) is 11.0. The van der Waals surface area contributed by atoms with Gasteiger partial charge in [0.2, 0.25) is 12.7 Å². The summed E-state index contributed by atoms with van der Waals surface area (Å²) in [6.07, 6.45) is 0. The fourth-order valence-electron chi connectivity index (χ4n) is 3.41. The minimum absolute atomic E-state index is 0.175. The summed E-state index contributed by atoms with van der Waals surface area (Å²) in [5.41, 5.74) is 1.76. The second-order valence-corrected chi connectivity index (χ2v) is 8.22. The number of carbonyl (C=O) groups excluding carboxylic acids is 2. The molecule has 9 heteroatoms. The molecule has 0 aliphatic carbocycles. The minimum atomic E-state index is -0.449. The maximum Gasteiger partial charge on any atom is 0.277 e. The van der Waals surface area contributed by atoms with Gasteiger partial charge in [0.1, 0.15) is 5.76 Å². The average Bonchev–Trinajstić information content (AvgIpc) is 3.58. The molecule has 0 saturated carbocycles. The van der Waals surface area contributed by atoms with Crippen LogP contribution in [0.25, 0.3) is 10.8 Å². The number of aryl methyl sites for hydroxylation is 1. The van der Waals surface area contributed by atoms with Crippen LogP contribution in [0.2, 0.25) is 0 Å². The third kappa shape index (κ3) is 4.31. The Labute approximate surface area is 193 Å². The number of amides is 2. The molecule has 8 nitrogen and oxygen atoms in total. The lowest BCUT2D eigenvalue weighted by atomic mass is 10.1. The molecule has 2 aromatic heterocycles. The Morgan fingerprint density at radius 1 is 1.03 bits per heavy atom. The molecule has 4 aromatic rings. The molecule has 0 radical (unpaired) electrons. The zero-order valence-corrected chi connectivity index (χ0v) is 18.4. The van der Waals surface area contributed by atoms with E-state index in [9.17, 15) is 9.59 Å². The summed E-state index contributed by atoms with van der Waals surface area (Å²) in [4.78, 5) is 30.9. The number of fused-ring (bicyclic) bond motifs is 1. The second kappa shape index (κ2) is 8.79. The van der Waals surface area contributed by atoms with Crippen molar-refractivity contribution in [2.75, 3.05) is 12.1 Å². The first kappa shape index (κ1) is 20.8. The van der Waals surface area contributed by atoms with Gasteiger partial charge in [0.15, 0.2) is 17.2 Å². The number of thiophene rings is 1. The van der Waals surface area contributed by atoms with Gasteiger partial charge >= 0.3 is 0 Å². The molecular weight excluding hydrogens is 442 g/mol. The number of ether oxygens (including phenoxy) is 2. The van der Waals surface area contributed by atoms with Crippen molar-refractivity contribution < 1.29 is 23.5 Å². The fourth-order valence-corrected chi connectivity index (χ4v) is 4.06. The maximum atomic E-state index is 12.9. The highest BCUT2D eigenvalue weighted by molar-refractivity contribution is 7.13. The van der Waals surface area contributed by atoms with Gasteiger partial charge < -0.3 is 24.5 Å². The number of para-hydroxylation sites is 1. The Morgan fingerprint density at radius 3 is 2.73 bits per heavy atom. The van der Waals surface area contributed by atoms with Crippen LogP contribution in [0.3, 0.4) is 0 Å². The number of rotatable bonds is 6. The number of aromatic nitrogens is 1. The molecule has 166 valence electrons. The molecule has 0 spiro atoms. The van der Waals surface area contributed by atoms with E-state index in [1.807, 2.05) is 35.7 Å². The van der Waals surface area contributed by atoms with Gasteiger partial charge in [0.05, 0.1) is 16.1 Å². The molecule has 0 saturated heterocycles. The van der Waals surface area contributed by atoms with E-state index in [0.717, 1.165) is 10.4 Å². The Balaban J connectivity index is 1.29. The van der Waals surface area contributed by atoms with E-state index in [2.05, 4.69) is 15.6 Å². The van der Waals surface area contributed by atoms with Crippen LogP contribution < -0.4 is 20.1 Å². The highest BCUT2D eigenvalue weighted by Gasteiger charge is 2.21. The molecule has 5 rings (SSSR count). The summed E-state index contributed by atoms with van der Waals surface area (Å²) >= 11 is 1.47. The molecule has 1 aliphatic rings. The molecular formula is C24H19N3O5S. The van der Waals surface area contributed by atoms with Crippen molar-refractivity contribution in [3.05, 3.63) is 82.6 Å². The third-order valence-corrected chi connectivity index (χ3v) is 5.91. The van der Waals surface area contributed by atoms with Crippen LogP contribution in [-0.4, -0.2) is 23.6 Å². The summed E-state index contributed by atoms with van der Waals surface area (Å²) < 4.78 is 16.3. The van der Waals surface area contributed by atoms with E-state index < -0.39 is 5.91 Å². The molecule has 3 heterocycles. The molecule has 33 heavy (non-hydrogen) atoms. The number of carbonyl (C=O) groups is 2. The Morgan fingerprint density at radius 2 is 1.88 bits per heavy atom. The topological polar surface area (TPSA) is 103 Å². The largest absolute Gasteiger partial charge is 0.454 e. The van der Waals surface area contributed by atoms with Gasteiger partial charge in [0.25, 0.3) is 11.8 Å². The maximum absolute atomic E-state index is 12.9. The number of anilines is 1. The number of hydrogen-bond donors (Lipinski definition) is 2. The number of hydrogen-bond acceptors (Lipinski definition) is 7. The number of oxazole rings is 1. The van der Waals surface area contributed by atoms with Crippen LogP contribution >= 0.6 is 11.3 Å². The van der Waals surface area contributed by atoms with Crippen LogP contribution in [-0.2, 0) is 6.54 Å². The first-order chi connectivity index (χ1) is 16.1. The van der Waals surface area contributed by atoms with Gasteiger partial charge in [-0.15, -0.1) is 11.3 Å². The smallest absolute Gasteiger partial charge is 0.277 e. The van der Waals surface area contributed by atoms with Gasteiger partial charge in [-0.25, -0.2) is 4.98 Å². The van der Waals surface area contributed by atoms with Crippen molar-refractivity contribution in [3.63, 3.8) is 0 Å². The highest BCUT2D eigenvalue weighted by Crippen LogP contribution is 2.32. The Hall–Kier alpha value is -4.11. The molecule has 2 aromatic carbocycles. The zero-order chi connectivity index (χ0) is 22.8. The van der Waals surface area contributed by atoms with Gasteiger partial charge in [-0.2, -0.15) is 0 Å². The molecule has 0 atom stereocenters. The summed E-state index contributed by atoms with van der Waals surface area (Å²) in [6.45, 7) is 2.17. The first-order valence-electron chi connectivity index (χ1n) is 10.2. The van der Waals surface area contributed by atoms with Crippen molar-refractivity contribution in [3.8, 4) is 22.3 Å². The molecule has 1 aliphatic heterocycles. The van der Waals surface area contributed by atoms with E-state index in [1.54, 1.807) is 31.2 Å². The number of nitrogens with zero attached hydrogens (tertiary/aromatic N) is 1. The summed E-state index contributed by atoms with van der Waals surface area (Å²) in [7, 11) is 0. The van der Waals surface area contributed by atoms with Crippen molar-refractivity contribution in [1.82, 2.24) is 10.3 Å². The molecule has 0 unspecified atom stereocenters. The van der Waals surface area contributed by atoms with Crippen molar-refractivity contribution in [1.29, 1.82) is 0 Å². The van der Waals surface area contributed by atoms with Crippen LogP contribution in [0, 0.1) is 6.92 Å². The standard InChI is InChI=1S/C24H19N3O5S/c1-14-21(27-24(32-14)20-7-4-10-33-20)23(29)26-17-6-3-2-5-16(17)22(28)25-12-15-8-9-18-19(11-15)31-13-30-18/h2-11H,12-13H2,1H3,(H,25,28)(H,26,29). The molecule has 0 bridgehead atoms. The van der Waals surface area contributed by atoms with Crippen LogP contribution in [0.1, 0.15) is 32.2 Å². The minimum Gasteiger partial charge on any atom is -0.454 e. The SMILES string of the molecule is Cc1oc(-c2cccs2)nc1C(=O)Nc1ccccc1C(=O)NCc1ccc2c(c1)OCO2. The van der Waals surface area contributed by atoms with Gasteiger partial charge in [-0.05, 0) is 48.2 Å². The number of benzene rings is 2. The quantitative estimate of drug-likeness (QED) is 0.434. The third-order valence-electron chi connectivity index (χ3n) is 5.05. The summed E-state index contributed by atoms with van der Waals surface area (Å²) in [6, 6.07) is 16.1. The lowest BCUT2D eigenvalue weighted by Crippen LogP contribution is -2.25. The lowest BCUT2D eigenvalue weighted by molar-refractivity contribution is 0.0951. The fraction of sp³-hybridized carbons (Fsp3) is 0.125. The zero-order valence-electron chi connectivity index (χ0n) is 17.6. The lowest BCUT2D eigenvalue weighted by Gasteiger charge is -2.11. The van der Waals surface area contributed by atoms with Crippen molar-refractivity contribution in [2.24, 2.45) is 0 Å². The van der Waals surface area contributed by atoms with Crippen LogP contribution in [0.4, 0.5) is 5.69 Å². The van der Waals surface area contributed by atoms with Gasteiger partial charge in [-0.3, -0.25) is 9.59 Å². The van der Waals surface area contributed by atoms with E-state index >= 15 is 0 Å². The van der Waals surface area contributed by atoms with Crippen molar-refractivity contribution in [2.45, 2.75) is 13.5 Å². The van der Waals surface area contributed by atoms with Crippen LogP contribution in [0.5, 0.6) is 11.5 Å². The molecule has 0 fully saturated rings. The Bertz CT molecular complexity index is 1330. The predicted molar refractivity (Wildman–Crippen MR) is 123 cm³/mol. The molecule has 2 amide bonds. The summed E-state index contributed by atoms with van der Waals surface area (Å²) in [5, 5.41) is 7.57. The van der Waals surface area contributed by atoms with E-state index in [-0.39, 0.29) is 18.4 Å². The van der Waals surface area contributed by atoms with Gasteiger partial charge in [0, 0.05) is 6.54 Å². The molecule has 2 N–H and O–H groups in total. The highest BCUT2D eigenvalue weighted by atomic mass is 32.1. The van der Waals surface area contributed by atoms with E-state index in [4.69, 9.17) is 13.9 Å².